The summed E-state index contributed by atoms with van der Waals surface area (Å²) in [5.74, 6) is -0.329. The molecule has 1 aromatic rings. The van der Waals surface area contributed by atoms with Gasteiger partial charge in [-0.25, -0.2) is 0 Å². The number of aryl methyl sites for hydroxylation is 1. The van der Waals surface area contributed by atoms with Crippen LogP contribution in [0, 0.1) is 6.92 Å². The Morgan fingerprint density at radius 2 is 1.87 bits per heavy atom. The maximum Gasteiger partial charge on any atom is 0.253 e. The van der Waals surface area contributed by atoms with E-state index in [0.717, 1.165) is 5.56 Å². The van der Waals surface area contributed by atoms with E-state index in [9.17, 15) is 9.59 Å². The number of amides is 2. The van der Waals surface area contributed by atoms with Crippen LogP contribution in [0.25, 0.3) is 0 Å². The number of nitrogens with two attached hydrogens (primary N) is 1. The van der Waals surface area contributed by atoms with Crippen molar-refractivity contribution >= 4 is 29.9 Å². The Hall–Kier alpha value is -1.63. The summed E-state index contributed by atoms with van der Waals surface area (Å²) in [5, 5.41) is 2.82. The van der Waals surface area contributed by atoms with E-state index in [1.54, 1.807) is 26.2 Å². The molecule has 1 aromatic carbocycles. The zero-order valence-corrected chi connectivity index (χ0v) is 14.5. The summed E-state index contributed by atoms with van der Waals surface area (Å²) in [6, 6.07) is 5.29. The van der Waals surface area contributed by atoms with Gasteiger partial charge in [0.25, 0.3) is 5.91 Å². The standard InChI is InChI=1S/C16H23N3O3.ClH/c1-11-4-5-12(10-13(11)14(20)19(2)3)18-15(21)16(17)6-8-22-9-7-16;/h4-5,10H,6-9,17H2,1-3H3,(H,18,21);1H. The van der Waals surface area contributed by atoms with Crippen LogP contribution in [0.4, 0.5) is 5.69 Å². The molecule has 2 amide bonds. The highest BCUT2D eigenvalue weighted by Gasteiger charge is 2.36. The number of nitrogens with zero attached hydrogens (tertiary/aromatic N) is 1. The Morgan fingerprint density at radius 1 is 1.26 bits per heavy atom. The molecule has 0 aliphatic carbocycles. The Bertz CT molecular complexity index is 584. The molecule has 6 nitrogen and oxygen atoms in total. The smallest absolute Gasteiger partial charge is 0.253 e. The van der Waals surface area contributed by atoms with Crippen LogP contribution in [0.5, 0.6) is 0 Å². The van der Waals surface area contributed by atoms with Crippen molar-refractivity contribution in [3.8, 4) is 0 Å². The summed E-state index contributed by atoms with van der Waals surface area (Å²) in [7, 11) is 3.40. The Labute approximate surface area is 142 Å². The van der Waals surface area contributed by atoms with Gasteiger partial charge in [0.1, 0.15) is 5.54 Å². The second-order valence-electron chi connectivity index (χ2n) is 5.95. The fourth-order valence-corrected chi connectivity index (χ4v) is 2.39. The molecule has 0 aromatic heterocycles. The lowest BCUT2D eigenvalue weighted by atomic mass is 9.90. The zero-order valence-electron chi connectivity index (χ0n) is 13.7. The van der Waals surface area contributed by atoms with Crippen LogP contribution in [0.1, 0.15) is 28.8 Å². The Balaban J connectivity index is 0.00000264. The summed E-state index contributed by atoms with van der Waals surface area (Å²) < 4.78 is 5.25. The first-order valence-corrected chi connectivity index (χ1v) is 7.34. The third kappa shape index (κ3) is 4.43. The predicted molar refractivity (Wildman–Crippen MR) is 92.0 cm³/mol. The molecule has 1 heterocycles. The van der Waals surface area contributed by atoms with E-state index in [0.29, 0.717) is 37.3 Å². The van der Waals surface area contributed by atoms with E-state index in [1.165, 1.54) is 4.90 Å². The van der Waals surface area contributed by atoms with E-state index in [1.807, 2.05) is 13.0 Å². The lowest BCUT2D eigenvalue weighted by Gasteiger charge is -2.31. The van der Waals surface area contributed by atoms with Gasteiger partial charge in [0, 0.05) is 38.6 Å². The Kier molecular flexibility index (Phi) is 6.56. The minimum Gasteiger partial charge on any atom is -0.381 e. The van der Waals surface area contributed by atoms with E-state index < -0.39 is 5.54 Å². The molecule has 0 bridgehead atoms. The Morgan fingerprint density at radius 3 is 2.43 bits per heavy atom. The maximum atomic E-state index is 12.4. The number of rotatable bonds is 3. The average molecular weight is 342 g/mol. The summed E-state index contributed by atoms with van der Waals surface area (Å²) >= 11 is 0. The highest BCUT2D eigenvalue weighted by atomic mass is 35.5. The van der Waals surface area contributed by atoms with Crippen molar-refractivity contribution < 1.29 is 14.3 Å². The summed E-state index contributed by atoms with van der Waals surface area (Å²) in [6.07, 6.45) is 0.988. The molecule has 1 fully saturated rings. The number of carbonyl (C=O) groups is 2. The third-order valence-corrected chi connectivity index (χ3v) is 3.97. The number of halogens is 1. The van der Waals surface area contributed by atoms with Crippen LogP contribution in [0.3, 0.4) is 0 Å². The van der Waals surface area contributed by atoms with E-state index >= 15 is 0 Å². The van der Waals surface area contributed by atoms with Crippen LogP contribution >= 0.6 is 12.4 Å². The fraction of sp³-hybridized carbons (Fsp3) is 0.500. The van der Waals surface area contributed by atoms with Crippen LogP contribution in [-0.2, 0) is 9.53 Å². The van der Waals surface area contributed by atoms with E-state index in [-0.39, 0.29) is 24.2 Å². The van der Waals surface area contributed by atoms with Gasteiger partial charge in [0.05, 0.1) is 0 Å². The van der Waals surface area contributed by atoms with Gasteiger partial charge in [-0.05, 0) is 37.5 Å². The van der Waals surface area contributed by atoms with Crippen LogP contribution in [0.15, 0.2) is 18.2 Å². The van der Waals surface area contributed by atoms with E-state index in [4.69, 9.17) is 10.5 Å². The topological polar surface area (TPSA) is 84.7 Å². The van der Waals surface area contributed by atoms with Crippen molar-refractivity contribution in [1.82, 2.24) is 4.90 Å². The molecule has 128 valence electrons. The largest absolute Gasteiger partial charge is 0.381 e. The summed E-state index contributed by atoms with van der Waals surface area (Å²) in [4.78, 5) is 26.1. The van der Waals surface area contributed by atoms with Gasteiger partial charge >= 0.3 is 0 Å². The highest BCUT2D eigenvalue weighted by molar-refractivity contribution is 6.00. The number of hydrogen-bond donors (Lipinski definition) is 2. The molecule has 7 heteroatoms. The molecule has 2 rings (SSSR count). The van der Waals surface area contributed by atoms with Gasteiger partial charge in [-0.1, -0.05) is 6.07 Å². The normalized spacial score (nSPS) is 16.2. The first-order valence-electron chi connectivity index (χ1n) is 7.34. The molecular formula is C16H24ClN3O3. The molecule has 0 unspecified atom stereocenters. The first kappa shape index (κ1) is 19.4. The number of anilines is 1. The van der Waals surface area contributed by atoms with Crippen molar-refractivity contribution in [1.29, 1.82) is 0 Å². The van der Waals surface area contributed by atoms with Gasteiger partial charge in [-0.2, -0.15) is 0 Å². The molecular weight excluding hydrogens is 318 g/mol. The van der Waals surface area contributed by atoms with Gasteiger partial charge in [-0.15, -0.1) is 12.4 Å². The highest BCUT2D eigenvalue weighted by Crippen LogP contribution is 2.22. The number of carbonyl (C=O) groups excluding carboxylic acids is 2. The van der Waals surface area contributed by atoms with Gasteiger partial charge in [-0.3, -0.25) is 9.59 Å². The minimum atomic E-state index is -0.908. The molecule has 1 saturated heterocycles. The van der Waals surface area contributed by atoms with Crippen LogP contribution in [0.2, 0.25) is 0 Å². The zero-order chi connectivity index (χ0) is 16.3. The lowest BCUT2D eigenvalue weighted by Crippen LogP contribution is -2.54. The third-order valence-electron chi connectivity index (χ3n) is 3.97. The van der Waals surface area contributed by atoms with Gasteiger partial charge in [0.15, 0.2) is 0 Å². The van der Waals surface area contributed by atoms with Crippen molar-refractivity contribution in [2.75, 3.05) is 32.6 Å². The molecule has 0 spiro atoms. The molecule has 1 aliphatic rings. The number of hydrogen-bond acceptors (Lipinski definition) is 4. The van der Waals surface area contributed by atoms with E-state index in [2.05, 4.69) is 5.32 Å². The predicted octanol–water partition coefficient (Wildman–Crippen LogP) is 1.57. The van der Waals surface area contributed by atoms with Crippen LogP contribution < -0.4 is 11.1 Å². The van der Waals surface area contributed by atoms with Crippen molar-refractivity contribution in [3.05, 3.63) is 29.3 Å². The quantitative estimate of drug-likeness (QED) is 0.873. The first-order chi connectivity index (χ1) is 10.3. The SMILES string of the molecule is Cc1ccc(NC(=O)C2(N)CCOCC2)cc1C(=O)N(C)C.Cl. The monoisotopic (exact) mass is 341 g/mol. The van der Waals surface area contributed by atoms with Crippen LogP contribution in [-0.4, -0.2) is 49.6 Å². The number of ether oxygens (including phenoxy) is 1. The van der Waals surface area contributed by atoms with Gasteiger partial charge < -0.3 is 20.7 Å². The number of benzene rings is 1. The molecule has 0 saturated carbocycles. The second-order valence-corrected chi connectivity index (χ2v) is 5.95. The van der Waals surface area contributed by atoms with Crippen molar-refractivity contribution in [2.45, 2.75) is 25.3 Å². The fourth-order valence-electron chi connectivity index (χ4n) is 2.39. The molecule has 23 heavy (non-hydrogen) atoms. The average Bonchev–Trinajstić information content (AvgIpc) is 2.49. The minimum absolute atomic E-state index is 0. The van der Waals surface area contributed by atoms with Crippen molar-refractivity contribution in [2.24, 2.45) is 5.73 Å². The molecule has 3 N–H and O–H groups in total. The molecule has 0 atom stereocenters. The second kappa shape index (κ2) is 7.77. The lowest BCUT2D eigenvalue weighted by molar-refractivity contribution is -0.124. The summed E-state index contributed by atoms with van der Waals surface area (Å²) in [5.41, 5.74) is 7.27. The number of nitrogens with one attached hydrogen (secondary N) is 1. The van der Waals surface area contributed by atoms with Gasteiger partial charge in [0.2, 0.25) is 5.91 Å². The molecule has 1 aliphatic heterocycles. The maximum absolute atomic E-state index is 12.4. The summed E-state index contributed by atoms with van der Waals surface area (Å²) in [6.45, 7) is 2.84. The van der Waals surface area contributed by atoms with Crippen molar-refractivity contribution in [3.63, 3.8) is 0 Å². The molecule has 0 radical (unpaired) electrons.